The number of carbonyl (C=O) groups is 2. The van der Waals surface area contributed by atoms with Gasteiger partial charge in [0.05, 0.1) is 6.42 Å². The minimum Gasteiger partial charge on any atom is -0.368 e. The number of aryl methyl sites for hydroxylation is 1. The van der Waals surface area contributed by atoms with Gasteiger partial charge in [0.2, 0.25) is 17.8 Å². The molecule has 5 rings (SSSR count). The van der Waals surface area contributed by atoms with Crippen LogP contribution in [0.1, 0.15) is 51.5 Å². The number of imide groups is 1. The quantitative estimate of drug-likeness (QED) is 0.546. The van der Waals surface area contributed by atoms with Crippen LogP contribution in [0.3, 0.4) is 0 Å². The average molecular weight is 478 g/mol. The molecule has 1 aromatic heterocycles. The van der Waals surface area contributed by atoms with Crippen LogP contribution in [0.25, 0.3) is 0 Å². The molecule has 35 heavy (non-hydrogen) atoms. The van der Waals surface area contributed by atoms with Gasteiger partial charge in [-0.15, -0.1) is 0 Å². The van der Waals surface area contributed by atoms with Crippen molar-refractivity contribution in [1.82, 2.24) is 20.6 Å². The van der Waals surface area contributed by atoms with Crippen LogP contribution in [0.5, 0.6) is 0 Å². The maximum atomic E-state index is 12.6. The van der Waals surface area contributed by atoms with E-state index in [1.807, 2.05) is 19.1 Å². The number of piperazine rings is 1. The lowest BCUT2D eigenvalue weighted by Crippen LogP contribution is -2.54. The van der Waals surface area contributed by atoms with E-state index >= 15 is 0 Å². The van der Waals surface area contributed by atoms with Crippen molar-refractivity contribution in [2.75, 3.05) is 28.2 Å². The Morgan fingerprint density at radius 3 is 2.37 bits per heavy atom. The first-order valence-corrected chi connectivity index (χ1v) is 12.7. The molecule has 2 aliphatic heterocycles. The molecule has 0 bridgehead atoms. The van der Waals surface area contributed by atoms with Crippen LogP contribution < -0.4 is 25.8 Å². The van der Waals surface area contributed by atoms with E-state index in [1.165, 1.54) is 5.69 Å². The van der Waals surface area contributed by atoms with E-state index < -0.39 is 6.04 Å². The number of anilines is 4. The summed E-state index contributed by atoms with van der Waals surface area (Å²) in [6.07, 6.45) is 6.20. The molecular formula is C26H35N7O2. The van der Waals surface area contributed by atoms with Crippen LogP contribution in [-0.2, 0) is 9.59 Å². The molecule has 9 heteroatoms. The molecule has 3 aliphatic rings. The minimum absolute atomic E-state index is 0.173. The average Bonchev–Trinajstić information content (AvgIpc) is 3.46. The van der Waals surface area contributed by atoms with E-state index in [-0.39, 0.29) is 24.3 Å². The topological polar surface area (TPSA) is 102 Å². The van der Waals surface area contributed by atoms with E-state index in [0.717, 1.165) is 55.8 Å². The zero-order chi connectivity index (χ0) is 24.5. The van der Waals surface area contributed by atoms with Crippen molar-refractivity contribution in [1.29, 1.82) is 0 Å². The molecule has 0 spiro atoms. The smallest absolute Gasteiger partial charge is 0.249 e. The highest BCUT2D eigenvalue weighted by atomic mass is 16.2. The second-order valence-corrected chi connectivity index (χ2v) is 10.2. The second-order valence-electron chi connectivity index (χ2n) is 10.2. The van der Waals surface area contributed by atoms with E-state index in [9.17, 15) is 9.59 Å². The van der Waals surface area contributed by atoms with Crippen LogP contribution in [0.2, 0.25) is 0 Å². The van der Waals surface area contributed by atoms with Crippen molar-refractivity contribution < 1.29 is 9.59 Å². The Morgan fingerprint density at radius 1 is 1.06 bits per heavy atom. The van der Waals surface area contributed by atoms with Crippen LogP contribution in [0.4, 0.5) is 23.1 Å². The van der Waals surface area contributed by atoms with Gasteiger partial charge in [-0.05, 0) is 57.9 Å². The summed E-state index contributed by atoms with van der Waals surface area (Å²) in [7, 11) is 0. The molecule has 3 fully saturated rings. The van der Waals surface area contributed by atoms with Gasteiger partial charge in [0.15, 0.2) is 0 Å². The Hall–Kier alpha value is -3.20. The summed E-state index contributed by atoms with van der Waals surface area (Å²) < 4.78 is 0. The minimum atomic E-state index is -0.518. The number of hydrogen-bond acceptors (Lipinski definition) is 8. The molecule has 3 heterocycles. The first-order valence-electron chi connectivity index (χ1n) is 12.7. The monoisotopic (exact) mass is 477 g/mol. The van der Waals surface area contributed by atoms with Crippen molar-refractivity contribution in [2.24, 2.45) is 0 Å². The number of nitrogens with zero attached hydrogens (tertiary/aromatic N) is 4. The highest BCUT2D eigenvalue weighted by Gasteiger charge is 2.40. The van der Waals surface area contributed by atoms with Gasteiger partial charge in [-0.2, -0.15) is 4.98 Å². The normalized spacial score (nSPS) is 25.1. The van der Waals surface area contributed by atoms with Crippen LogP contribution >= 0.6 is 0 Å². The molecule has 2 saturated heterocycles. The van der Waals surface area contributed by atoms with Gasteiger partial charge < -0.3 is 20.4 Å². The van der Waals surface area contributed by atoms with Crippen LogP contribution in [0.15, 0.2) is 30.5 Å². The number of benzene rings is 1. The SMILES string of the molecule is Cc1cnc(Nc2ccc(N3CC(C)NC(C)C3)cc2)nc1N(C1CCCC1)C1CC(=O)NC1=O. The Labute approximate surface area is 206 Å². The number of rotatable bonds is 6. The van der Waals surface area contributed by atoms with Gasteiger partial charge in [-0.3, -0.25) is 14.9 Å². The Bertz CT molecular complexity index is 1070. The van der Waals surface area contributed by atoms with Crippen molar-refractivity contribution in [3.8, 4) is 0 Å². The van der Waals surface area contributed by atoms with Crippen LogP contribution in [-0.4, -0.2) is 59.0 Å². The van der Waals surface area contributed by atoms with Crippen molar-refractivity contribution in [3.63, 3.8) is 0 Å². The van der Waals surface area contributed by atoms with E-state index in [0.29, 0.717) is 18.0 Å². The fraction of sp³-hybridized carbons (Fsp3) is 0.538. The third-order valence-corrected chi connectivity index (χ3v) is 7.23. The first kappa shape index (κ1) is 23.5. The third-order valence-electron chi connectivity index (χ3n) is 7.23. The fourth-order valence-electron chi connectivity index (χ4n) is 5.70. The summed E-state index contributed by atoms with van der Waals surface area (Å²) in [6.45, 7) is 8.35. The molecule has 3 unspecified atom stereocenters. The van der Waals surface area contributed by atoms with Gasteiger partial charge in [-0.25, -0.2) is 4.98 Å². The molecule has 0 radical (unpaired) electrons. The number of nitrogens with one attached hydrogen (secondary N) is 3. The van der Waals surface area contributed by atoms with Crippen molar-refractivity contribution in [3.05, 3.63) is 36.0 Å². The number of hydrogen-bond donors (Lipinski definition) is 3. The summed E-state index contributed by atoms with van der Waals surface area (Å²) in [5.74, 6) is 0.753. The first-order chi connectivity index (χ1) is 16.9. The predicted molar refractivity (Wildman–Crippen MR) is 137 cm³/mol. The molecule has 2 amide bonds. The maximum Gasteiger partial charge on any atom is 0.249 e. The van der Waals surface area contributed by atoms with Crippen LogP contribution in [0, 0.1) is 6.92 Å². The highest BCUT2D eigenvalue weighted by Crippen LogP contribution is 2.33. The highest BCUT2D eigenvalue weighted by molar-refractivity contribution is 6.07. The lowest BCUT2D eigenvalue weighted by atomic mass is 10.1. The lowest BCUT2D eigenvalue weighted by molar-refractivity contribution is -0.125. The summed E-state index contributed by atoms with van der Waals surface area (Å²) >= 11 is 0. The summed E-state index contributed by atoms with van der Waals surface area (Å²) in [4.78, 5) is 38.4. The zero-order valence-electron chi connectivity index (χ0n) is 20.8. The Morgan fingerprint density at radius 2 is 1.74 bits per heavy atom. The zero-order valence-corrected chi connectivity index (χ0v) is 20.8. The van der Waals surface area contributed by atoms with Crippen molar-refractivity contribution in [2.45, 2.75) is 77.0 Å². The molecular weight excluding hydrogens is 442 g/mol. The van der Waals surface area contributed by atoms with Gasteiger partial charge in [0.25, 0.3) is 0 Å². The molecule has 3 N–H and O–H groups in total. The molecule has 1 aliphatic carbocycles. The molecule has 3 atom stereocenters. The molecule has 186 valence electrons. The number of aromatic nitrogens is 2. The largest absolute Gasteiger partial charge is 0.368 e. The van der Waals surface area contributed by atoms with Gasteiger partial charge >= 0.3 is 0 Å². The van der Waals surface area contributed by atoms with Gasteiger partial charge in [-0.1, -0.05) is 12.8 Å². The number of amides is 2. The van der Waals surface area contributed by atoms with Gasteiger partial charge in [0, 0.05) is 54.4 Å². The molecule has 2 aromatic rings. The third kappa shape index (κ3) is 5.10. The Balaban J connectivity index is 1.36. The van der Waals surface area contributed by atoms with E-state index in [4.69, 9.17) is 4.98 Å². The summed E-state index contributed by atoms with van der Waals surface area (Å²) in [5, 5.41) is 9.36. The van der Waals surface area contributed by atoms with Crippen molar-refractivity contribution >= 4 is 35.0 Å². The molecule has 9 nitrogen and oxygen atoms in total. The lowest BCUT2D eigenvalue weighted by Gasteiger charge is -2.37. The fourth-order valence-corrected chi connectivity index (χ4v) is 5.70. The predicted octanol–water partition coefficient (Wildman–Crippen LogP) is 2.88. The van der Waals surface area contributed by atoms with Gasteiger partial charge in [0.1, 0.15) is 11.9 Å². The molecule has 1 aromatic carbocycles. The number of carbonyl (C=O) groups excluding carboxylic acids is 2. The molecule has 1 saturated carbocycles. The van der Waals surface area contributed by atoms with E-state index in [1.54, 1.807) is 6.20 Å². The standard InChI is InChI=1S/C26H35N7O2/c1-16-13-27-26(29-19-8-10-20(11-9-19)32-14-17(2)28-18(3)15-32)31-24(16)33(21-6-4-5-7-21)22-12-23(34)30-25(22)35/h8-11,13,17-18,21-22,28H,4-7,12,14-15H2,1-3H3,(H,27,29,31)(H,30,34,35). The Kier molecular flexibility index (Phi) is 6.60. The summed E-state index contributed by atoms with van der Waals surface area (Å²) in [6, 6.07) is 8.94. The van der Waals surface area contributed by atoms with E-state index in [2.05, 4.69) is 56.7 Å². The summed E-state index contributed by atoms with van der Waals surface area (Å²) in [5.41, 5.74) is 3.00. The maximum absolute atomic E-state index is 12.6. The second kappa shape index (κ2) is 9.81.